The molecule has 1 saturated heterocycles. The van der Waals surface area contributed by atoms with Gasteiger partial charge in [0.1, 0.15) is 5.54 Å². The first-order valence-electron chi connectivity index (χ1n) is 9.66. The zero-order chi connectivity index (χ0) is 19.5. The van der Waals surface area contributed by atoms with Gasteiger partial charge in [-0.2, -0.15) is 4.40 Å². The number of hydrogen-bond donors (Lipinski definition) is 1. The van der Waals surface area contributed by atoms with Gasteiger partial charge < -0.3 is 15.2 Å². The van der Waals surface area contributed by atoms with E-state index in [0.29, 0.717) is 16.9 Å². The second-order valence-corrected chi connectivity index (χ2v) is 8.20. The summed E-state index contributed by atoms with van der Waals surface area (Å²) >= 11 is 0. The molecule has 1 fully saturated rings. The van der Waals surface area contributed by atoms with Crippen LogP contribution in [-0.4, -0.2) is 35.1 Å². The number of nitrogens with one attached hydrogen (secondary N) is 1. The standard InChI is InChI=1S/C20H26N4O3/c1-12(2)20(4)18(27)24-16(21-20)15-14(17(25)26)13(3)8-11-23(15)19(24)22-9-6-5-7-10-22/h8,11-12,21H,5-7,9-10H2,1-4H3. The fourth-order valence-electron chi connectivity index (χ4n) is 4.24. The van der Waals surface area contributed by atoms with Crippen LogP contribution in [0.15, 0.2) is 12.3 Å². The average Bonchev–Trinajstić information content (AvgIpc) is 3.08. The highest BCUT2D eigenvalue weighted by molar-refractivity contribution is 6.06. The quantitative estimate of drug-likeness (QED) is 0.826. The van der Waals surface area contributed by atoms with Crippen LogP contribution in [0.2, 0.25) is 0 Å². The Morgan fingerprint density at radius 2 is 1.96 bits per heavy atom. The molecule has 0 bridgehead atoms. The van der Waals surface area contributed by atoms with Crippen molar-refractivity contribution in [2.24, 2.45) is 5.92 Å². The molecule has 0 amide bonds. The summed E-state index contributed by atoms with van der Waals surface area (Å²) in [6, 6.07) is 1.77. The number of pyridine rings is 1. The lowest BCUT2D eigenvalue weighted by molar-refractivity contribution is -0.498. The summed E-state index contributed by atoms with van der Waals surface area (Å²) in [5.74, 6) is 0.0782. The summed E-state index contributed by atoms with van der Waals surface area (Å²) in [5.41, 5.74) is 0.494. The Balaban J connectivity index is 2.06. The van der Waals surface area contributed by atoms with Crippen LogP contribution in [0.1, 0.15) is 60.7 Å². The van der Waals surface area contributed by atoms with E-state index in [1.807, 2.05) is 31.4 Å². The molecule has 144 valence electrons. The summed E-state index contributed by atoms with van der Waals surface area (Å²) in [7, 11) is 0. The zero-order valence-electron chi connectivity index (χ0n) is 16.3. The molecule has 4 rings (SSSR count). The second-order valence-electron chi connectivity index (χ2n) is 8.20. The summed E-state index contributed by atoms with van der Waals surface area (Å²) in [4.78, 5) is 27.6. The van der Waals surface area contributed by atoms with Crippen molar-refractivity contribution in [3.05, 3.63) is 23.4 Å². The predicted molar refractivity (Wildman–Crippen MR) is 100 cm³/mol. The van der Waals surface area contributed by atoms with Gasteiger partial charge in [-0.15, -0.1) is 4.57 Å². The van der Waals surface area contributed by atoms with E-state index >= 15 is 0 Å². The number of aromatic nitrogens is 2. The molecule has 27 heavy (non-hydrogen) atoms. The number of anilines is 2. The van der Waals surface area contributed by atoms with Crippen molar-refractivity contribution in [3.8, 4) is 0 Å². The molecule has 0 saturated carbocycles. The summed E-state index contributed by atoms with van der Waals surface area (Å²) in [5, 5.41) is 15.3. The molecule has 2 aromatic heterocycles. The van der Waals surface area contributed by atoms with Gasteiger partial charge in [0.05, 0.1) is 25.3 Å². The number of aromatic carboxylic acids is 1. The van der Waals surface area contributed by atoms with Gasteiger partial charge in [0.15, 0.2) is 5.52 Å². The van der Waals surface area contributed by atoms with E-state index in [-0.39, 0.29) is 17.4 Å². The lowest BCUT2D eigenvalue weighted by Gasteiger charge is -2.27. The Bertz CT molecular complexity index is 956. The topological polar surface area (TPSA) is 81.5 Å². The molecule has 2 aliphatic heterocycles. The van der Waals surface area contributed by atoms with Crippen LogP contribution in [-0.2, 0) is 0 Å². The molecule has 1 atom stereocenters. The first kappa shape index (κ1) is 17.8. The van der Waals surface area contributed by atoms with Gasteiger partial charge in [0.25, 0.3) is 0 Å². The van der Waals surface area contributed by atoms with Gasteiger partial charge in [0, 0.05) is 5.56 Å². The molecule has 1 unspecified atom stereocenters. The minimum Gasteiger partial charge on any atom is -0.545 e. The van der Waals surface area contributed by atoms with Crippen molar-refractivity contribution < 1.29 is 19.1 Å². The maximum atomic E-state index is 13.5. The Morgan fingerprint density at radius 3 is 2.56 bits per heavy atom. The van der Waals surface area contributed by atoms with Crippen molar-refractivity contribution in [1.29, 1.82) is 0 Å². The summed E-state index contributed by atoms with van der Waals surface area (Å²) in [6.45, 7) is 9.35. The number of hydrogen-bond acceptors (Lipinski definition) is 5. The van der Waals surface area contributed by atoms with Gasteiger partial charge in [-0.25, -0.2) is 0 Å². The third kappa shape index (κ3) is 2.37. The van der Waals surface area contributed by atoms with Gasteiger partial charge in [-0.3, -0.25) is 9.69 Å². The molecule has 0 radical (unpaired) electrons. The van der Waals surface area contributed by atoms with Crippen LogP contribution < -0.4 is 19.7 Å². The molecule has 7 nitrogen and oxygen atoms in total. The SMILES string of the molecule is Cc1cc[n+]2c(N3CCCCC3)n3c(c2c1C(=O)[O-])NC(C)(C(C)C)C3=O. The predicted octanol–water partition coefficient (Wildman–Crippen LogP) is 1.37. The van der Waals surface area contributed by atoms with Crippen LogP contribution in [0, 0.1) is 12.8 Å². The Kier molecular flexibility index (Phi) is 3.94. The van der Waals surface area contributed by atoms with Gasteiger partial charge in [-0.1, -0.05) is 13.8 Å². The van der Waals surface area contributed by atoms with Crippen LogP contribution in [0.3, 0.4) is 0 Å². The van der Waals surface area contributed by atoms with Crippen LogP contribution in [0.25, 0.3) is 5.52 Å². The van der Waals surface area contributed by atoms with Crippen molar-refractivity contribution in [3.63, 3.8) is 0 Å². The molecule has 7 heteroatoms. The number of aryl methyl sites for hydroxylation is 1. The number of carboxylic acid groups (broad SMARTS) is 1. The van der Waals surface area contributed by atoms with Crippen LogP contribution in [0.4, 0.5) is 11.8 Å². The highest BCUT2D eigenvalue weighted by atomic mass is 16.4. The molecular formula is C20H26N4O3. The number of carboxylic acids is 1. The first-order chi connectivity index (χ1) is 12.8. The van der Waals surface area contributed by atoms with Crippen LogP contribution >= 0.6 is 0 Å². The number of carbonyl (C=O) groups excluding carboxylic acids is 2. The largest absolute Gasteiger partial charge is 0.545 e. The molecule has 0 aliphatic carbocycles. The van der Waals surface area contributed by atoms with E-state index in [1.54, 1.807) is 17.6 Å². The smallest absolute Gasteiger partial charge is 0.374 e. The van der Waals surface area contributed by atoms with Gasteiger partial charge >= 0.3 is 11.9 Å². The number of imidazole rings is 1. The van der Waals surface area contributed by atoms with Gasteiger partial charge in [0.2, 0.25) is 5.82 Å². The highest BCUT2D eigenvalue weighted by Crippen LogP contribution is 2.39. The van der Waals surface area contributed by atoms with E-state index in [2.05, 4.69) is 10.2 Å². The van der Waals surface area contributed by atoms with Crippen molar-refractivity contribution in [1.82, 2.24) is 4.57 Å². The fourth-order valence-corrected chi connectivity index (χ4v) is 4.24. The molecule has 2 aliphatic rings. The Labute approximate surface area is 158 Å². The maximum absolute atomic E-state index is 13.5. The summed E-state index contributed by atoms with van der Waals surface area (Å²) in [6.07, 6.45) is 5.15. The lowest BCUT2D eigenvalue weighted by atomic mass is 9.88. The molecular weight excluding hydrogens is 344 g/mol. The number of nitrogens with zero attached hydrogens (tertiary/aromatic N) is 3. The number of carbonyl (C=O) groups is 2. The number of rotatable bonds is 3. The normalized spacial score (nSPS) is 22.4. The van der Waals surface area contributed by atoms with Crippen molar-refractivity contribution >= 4 is 29.2 Å². The molecule has 2 aromatic rings. The highest BCUT2D eigenvalue weighted by Gasteiger charge is 2.52. The third-order valence-corrected chi connectivity index (χ3v) is 6.23. The monoisotopic (exact) mass is 370 g/mol. The summed E-state index contributed by atoms with van der Waals surface area (Å²) < 4.78 is 3.52. The Morgan fingerprint density at radius 1 is 1.30 bits per heavy atom. The average molecular weight is 370 g/mol. The minimum absolute atomic E-state index is 0.0428. The molecule has 0 aromatic carbocycles. The van der Waals surface area contributed by atoms with Crippen molar-refractivity contribution in [2.75, 3.05) is 23.3 Å². The van der Waals surface area contributed by atoms with E-state index < -0.39 is 11.5 Å². The Hall–Kier alpha value is -2.57. The van der Waals surface area contributed by atoms with Crippen LogP contribution in [0.5, 0.6) is 0 Å². The zero-order valence-corrected chi connectivity index (χ0v) is 16.3. The van der Waals surface area contributed by atoms with Gasteiger partial charge in [-0.05, 0) is 50.7 Å². The van der Waals surface area contributed by atoms with E-state index in [0.717, 1.165) is 31.9 Å². The van der Waals surface area contributed by atoms with E-state index in [1.165, 1.54) is 6.42 Å². The number of fused-ring (bicyclic) bond motifs is 3. The van der Waals surface area contributed by atoms with E-state index in [4.69, 9.17) is 0 Å². The van der Waals surface area contributed by atoms with E-state index in [9.17, 15) is 14.7 Å². The molecule has 1 N–H and O–H groups in total. The third-order valence-electron chi connectivity index (χ3n) is 6.23. The fraction of sp³-hybridized carbons (Fsp3) is 0.550. The molecule has 4 heterocycles. The minimum atomic E-state index is -1.23. The lowest BCUT2D eigenvalue weighted by Crippen LogP contribution is -2.48. The maximum Gasteiger partial charge on any atom is 0.374 e. The molecule has 0 spiro atoms. The first-order valence-corrected chi connectivity index (χ1v) is 9.66. The number of piperidine rings is 1. The second kappa shape index (κ2) is 5.97. The van der Waals surface area contributed by atoms with Crippen molar-refractivity contribution in [2.45, 2.75) is 52.5 Å².